The average molecular weight is 299 g/mol. The minimum absolute atomic E-state index is 0.298. The van der Waals surface area contributed by atoms with Crippen molar-refractivity contribution >= 4 is 18.0 Å². The molecule has 0 N–H and O–H groups in total. The van der Waals surface area contributed by atoms with E-state index < -0.39 is 11.9 Å². The van der Waals surface area contributed by atoms with Crippen molar-refractivity contribution in [2.24, 2.45) is 4.99 Å². The number of hydrogen-bond acceptors (Lipinski definition) is 6. The van der Waals surface area contributed by atoms with Crippen LogP contribution in [0.2, 0.25) is 0 Å². The number of rotatable bonds is 9. The van der Waals surface area contributed by atoms with Crippen molar-refractivity contribution in [1.29, 1.82) is 0 Å². The van der Waals surface area contributed by atoms with Gasteiger partial charge in [-0.3, -0.25) is 0 Å². The van der Waals surface area contributed by atoms with Crippen molar-refractivity contribution in [3.8, 4) is 0 Å². The number of nitrogens with zero attached hydrogens (tertiary/aromatic N) is 1. The molecule has 0 heterocycles. The van der Waals surface area contributed by atoms with Crippen molar-refractivity contribution < 1.29 is 23.9 Å². The number of esters is 2. The van der Waals surface area contributed by atoms with Crippen LogP contribution in [0.4, 0.5) is 0 Å². The molecule has 0 aliphatic rings. The third kappa shape index (κ3) is 20.5. The van der Waals surface area contributed by atoms with Gasteiger partial charge < -0.3 is 9.47 Å². The van der Waals surface area contributed by atoms with Crippen LogP contribution in [0.1, 0.15) is 46.5 Å². The number of ether oxygens (including phenoxy) is 2. The summed E-state index contributed by atoms with van der Waals surface area (Å²) in [6.45, 7) is 6.79. The first-order valence-corrected chi connectivity index (χ1v) is 7.17. The lowest BCUT2D eigenvalue weighted by atomic mass is 10.2. The second-order valence-corrected chi connectivity index (χ2v) is 3.87. The third-order valence-electron chi connectivity index (χ3n) is 2.12. The fourth-order valence-corrected chi connectivity index (χ4v) is 1.18. The SMILES string of the molecule is CCCCCCN=C=O.CCOC(=O)C=CC(=O)OCC. The van der Waals surface area contributed by atoms with Crippen LogP contribution in [0.15, 0.2) is 17.1 Å². The standard InChI is InChI=1S/C8H12O4.C7H13NO/c1-3-11-7(9)5-6-8(10)12-4-2;1-2-3-4-5-6-8-7-9/h5-6H,3-4H2,1-2H3;2-6H2,1H3. The average Bonchev–Trinajstić information content (AvgIpc) is 2.46. The van der Waals surface area contributed by atoms with Crippen LogP contribution in [0.25, 0.3) is 0 Å². The van der Waals surface area contributed by atoms with Gasteiger partial charge in [0.2, 0.25) is 6.08 Å². The van der Waals surface area contributed by atoms with Crippen molar-refractivity contribution in [3.05, 3.63) is 12.2 Å². The normalized spacial score (nSPS) is 9.29. The van der Waals surface area contributed by atoms with E-state index in [0.29, 0.717) is 19.8 Å². The van der Waals surface area contributed by atoms with Crippen LogP contribution >= 0.6 is 0 Å². The van der Waals surface area contributed by atoms with Crippen LogP contribution < -0.4 is 0 Å². The molecule has 0 aromatic rings. The van der Waals surface area contributed by atoms with Gasteiger partial charge >= 0.3 is 11.9 Å². The molecule has 0 amide bonds. The first kappa shape index (κ1) is 21.4. The number of carbonyl (C=O) groups is 2. The Balaban J connectivity index is 0. The topological polar surface area (TPSA) is 82.0 Å². The van der Waals surface area contributed by atoms with Crippen molar-refractivity contribution in [2.75, 3.05) is 19.8 Å². The molecular weight excluding hydrogens is 274 g/mol. The maximum absolute atomic E-state index is 10.6. The molecule has 120 valence electrons. The van der Waals surface area contributed by atoms with Gasteiger partial charge in [-0.2, -0.15) is 0 Å². The number of hydrogen-bond donors (Lipinski definition) is 0. The van der Waals surface area contributed by atoms with Gasteiger partial charge in [-0.1, -0.05) is 26.2 Å². The van der Waals surface area contributed by atoms with Gasteiger partial charge in [0, 0.05) is 12.2 Å². The Hall–Kier alpha value is -1.94. The predicted octanol–water partition coefficient (Wildman–Crippen LogP) is 2.57. The molecule has 0 unspecified atom stereocenters. The Morgan fingerprint density at radius 3 is 1.86 bits per heavy atom. The highest BCUT2D eigenvalue weighted by molar-refractivity contribution is 5.91. The van der Waals surface area contributed by atoms with E-state index in [2.05, 4.69) is 21.4 Å². The molecule has 0 aliphatic carbocycles. The van der Waals surface area contributed by atoms with Gasteiger partial charge in [-0.15, -0.1) is 0 Å². The first-order chi connectivity index (χ1) is 10.1. The van der Waals surface area contributed by atoms with Gasteiger partial charge in [-0.05, 0) is 20.3 Å². The molecule has 0 rings (SSSR count). The molecule has 21 heavy (non-hydrogen) atoms. The van der Waals surface area contributed by atoms with E-state index in [1.165, 1.54) is 25.3 Å². The summed E-state index contributed by atoms with van der Waals surface area (Å²) in [5, 5.41) is 0. The summed E-state index contributed by atoms with van der Waals surface area (Å²) in [6, 6.07) is 0. The molecule has 0 saturated heterocycles. The van der Waals surface area contributed by atoms with E-state index in [9.17, 15) is 14.4 Å². The zero-order chi connectivity index (χ0) is 16.3. The number of carbonyl (C=O) groups excluding carboxylic acids is 3. The van der Waals surface area contributed by atoms with Crippen LogP contribution in [0, 0.1) is 0 Å². The lowest BCUT2D eigenvalue weighted by Gasteiger charge is -1.95. The highest BCUT2D eigenvalue weighted by Crippen LogP contribution is 1.97. The molecule has 0 radical (unpaired) electrons. The number of unbranched alkanes of at least 4 members (excludes halogenated alkanes) is 3. The maximum atomic E-state index is 10.6. The molecule has 0 fully saturated rings. The smallest absolute Gasteiger partial charge is 0.330 e. The van der Waals surface area contributed by atoms with Gasteiger partial charge in [0.15, 0.2) is 0 Å². The van der Waals surface area contributed by atoms with Gasteiger partial charge in [0.1, 0.15) is 0 Å². The van der Waals surface area contributed by atoms with Crippen LogP contribution in [-0.2, 0) is 23.9 Å². The van der Waals surface area contributed by atoms with Gasteiger partial charge in [0.05, 0.1) is 19.8 Å². The molecule has 0 atom stereocenters. The highest BCUT2D eigenvalue weighted by atomic mass is 16.5. The molecular formula is C15H25NO5. The monoisotopic (exact) mass is 299 g/mol. The molecule has 6 nitrogen and oxygen atoms in total. The molecule has 0 saturated carbocycles. The van der Waals surface area contributed by atoms with Crippen LogP contribution in [0.5, 0.6) is 0 Å². The van der Waals surface area contributed by atoms with Gasteiger partial charge in [0.25, 0.3) is 0 Å². The molecule has 0 aliphatic heterocycles. The Bertz CT molecular complexity index is 326. The summed E-state index contributed by atoms with van der Waals surface area (Å²) in [6.07, 6.45) is 8.29. The molecule has 0 aromatic heterocycles. The second kappa shape index (κ2) is 18.1. The fourth-order valence-electron chi connectivity index (χ4n) is 1.18. The number of isocyanates is 1. The van der Waals surface area contributed by atoms with E-state index in [1.807, 2.05) is 0 Å². The molecule has 6 heteroatoms. The highest BCUT2D eigenvalue weighted by Gasteiger charge is 1.97. The maximum Gasteiger partial charge on any atom is 0.330 e. The summed E-state index contributed by atoms with van der Waals surface area (Å²) in [4.78, 5) is 34.3. The minimum atomic E-state index is -0.537. The van der Waals surface area contributed by atoms with Crippen molar-refractivity contribution in [2.45, 2.75) is 46.5 Å². The van der Waals surface area contributed by atoms with E-state index >= 15 is 0 Å². The largest absolute Gasteiger partial charge is 0.463 e. The predicted molar refractivity (Wildman–Crippen MR) is 79.5 cm³/mol. The molecule has 0 spiro atoms. The Morgan fingerprint density at radius 2 is 1.48 bits per heavy atom. The van der Waals surface area contributed by atoms with Crippen molar-refractivity contribution in [3.63, 3.8) is 0 Å². The summed E-state index contributed by atoms with van der Waals surface area (Å²) in [5.74, 6) is -1.07. The zero-order valence-electron chi connectivity index (χ0n) is 13.1. The molecule has 0 bridgehead atoms. The van der Waals surface area contributed by atoms with Crippen LogP contribution in [0.3, 0.4) is 0 Å². The lowest BCUT2D eigenvalue weighted by Crippen LogP contribution is -2.03. The van der Waals surface area contributed by atoms with E-state index in [1.54, 1.807) is 13.8 Å². The van der Waals surface area contributed by atoms with E-state index in [4.69, 9.17) is 0 Å². The zero-order valence-corrected chi connectivity index (χ0v) is 13.1. The third-order valence-corrected chi connectivity index (χ3v) is 2.12. The van der Waals surface area contributed by atoms with Crippen molar-refractivity contribution in [1.82, 2.24) is 0 Å². The summed E-state index contributed by atoms with van der Waals surface area (Å²) >= 11 is 0. The fraction of sp³-hybridized carbons (Fsp3) is 0.667. The lowest BCUT2D eigenvalue weighted by molar-refractivity contribution is -0.140. The summed E-state index contributed by atoms with van der Waals surface area (Å²) < 4.78 is 9.07. The second-order valence-electron chi connectivity index (χ2n) is 3.87. The Kier molecular flexibility index (Phi) is 18.4. The quantitative estimate of drug-likeness (QED) is 0.215. The number of aliphatic imine (C=N–C) groups is 1. The van der Waals surface area contributed by atoms with E-state index in [0.717, 1.165) is 18.6 Å². The minimum Gasteiger partial charge on any atom is -0.463 e. The molecule has 0 aromatic carbocycles. The van der Waals surface area contributed by atoms with E-state index in [-0.39, 0.29) is 0 Å². The van der Waals surface area contributed by atoms with Crippen LogP contribution in [-0.4, -0.2) is 37.8 Å². The van der Waals surface area contributed by atoms with Gasteiger partial charge in [-0.25, -0.2) is 19.4 Å². The first-order valence-electron chi connectivity index (χ1n) is 7.17. The Morgan fingerprint density at radius 1 is 0.952 bits per heavy atom. The Labute approximate surface area is 126 Å². The summed E-state index contributed by atoms with van der Waals surface area (Å²) in [7, 11) is 0. The summed E-state index contributed by atoms with van der Waals surface area (Å²) in [5.41, 5.74) is 0.